The van der Waals surface area contributed by atoms with Crippen molar-refractivity contribution in [3.05, 3.63) is 0 Å². The molecule has 0 radical (unpaired) electrons. The zero-order valence-electron chi connectivity index (χ0n) is 10.1. The number of Topliss-reactive ketones (excluding diaryl/α,β-unsaturated/α-hetero) is 1. The summed E-state index contributed by atoms with van der Waals surface area (Å²) in [5.74, 6) is 1.22. The van der Waals surface area contributed by atoms with Gasteiger partial charge in [-0.2, -0.15) is 0 Å². The molecule has 0 aromatic heterocycles. The lowest BCUT2D eigenvalue weighted by molar-refractivity contribution is -0.117. The predicted molar refractivity (Wildman–Crippen MR) is 62.5 cm³/mol. The molecule has 84 valence electrons. The molecule has 0 aliphatic carbocycles. The SMILES string of the molecule is CCCCC(CCC)CCCC(C)=O. The highest BCUT2D eigenvalue weighted by Gasteiger charge is 2.07. The lowest BCUT2D eigenvalue weighted by atomic mass is 9.91. The van der Waals surface area contributed by atoms with Crippen molar-refractivity contribution >= 4 is 5.78 Å². The average molecular weight is 198 g/mol. The molecule has 1 unspecified atom stereocenters. The third-order valence-electron chi connectivity index (χ3n) is 2.80. The molecule has 0 aromatic carbocycles. The smallest absolute Gasteiger partial charge is 0.129 e. The minimum Gasteiger partial charge on any atom is -0.300 e. The second-order valence-electron chi connectivity index (χ2n) is 4.39. The largest absolute Gasteiger partial charge is 0.300 e. The Kier molecular flexibility index (Phi) is 9.02. The first kappa shape index (κ1) is 13.7. The Morgan fingerprint density at radius 2 is 1.64 bits per heavy atom. The van der Waals surface area contributed by atoms with Crippen LogP contribution in [0.1, 0.15) is 72.1 Å². The average Bonchev–Trinajstić information content (AvgIpc) is 2.13. The molecule has 0 bridgehead atoms. The number of unbranched alkanes of at least 4 members (excludes halogenated alkanes) is 1. The van der Waals surface area contributed by atoms with Gasteiger partial charge >= 0.3 is 0 Å². The van der Waals surface area contributed by atoms with Crippen LogP contribution in [0.4, 0.5) is 0 Å². The van der Waals surface area contributed by atoms with Crippen molar-refractivity contribution in [1.82, 2.24) is 0 Å². The molecule has 0 N–H and O–H groups in total. The zero-order chi connectivity index (χ0) is 10.8. The van der Waals surface area contributed by atoms with E-state index < -0.39 is 0 Å². The molecule has 0 fully saturated rings. The maximum atomic E-state index is 10.8. The minimum atomic E-state index is 0.343. The summed E-state index contributed by atoms with van der Waals surface area (Å²) in [6.45, 7) is 6.20. The summed E-state index contributed by atoms with van der Waals surface area (Å²) in [5, 5.41) is 0. The first-order valence-electron chi connectivity index (χ1n) is 6.20. The van der Waals surface area contributed by atoms with Crippen molar-refractivity contribution in [3.63, 3.8) is 0 Å². The van der Waals surface area contributed by atoms with Gasteiger partial charge in [0.1, 0.15) is 5.78 Å². The molecule has 1 heteroatoms. The Morgan fingerprint density at radius 3 is 2.14 bits per heavy atom. The molecule has 0 spiro atoms. The van der Waals surface area contributed by atoms with Crippen molar-refractivity contribution < 1.29 is 4.79 Å². The second kappa shape index (κ2) is 9.23. The van der Waals surface area contributed by atoms with Crippen LogP contribution in [0.3, 0.4) is 0 Å². The fourth-order valence-corrected chi connectivity index (χ4v) is 1.97. The van der Waals surface area contributed by atoms with Crippen LogP contribution in [0, 0.1) is 5.92 Å². The highest BCUT2D eigenvalue weighted by atomic mass is 16.1. The Labute approximate surface area is 89.3 Å². The highest BCUT2D eigenvalue weighted by Crippen LogP contribution is 2.21. The van der Waals surface area contributed by atoms with E-state index in [9.17, 15) is 4.79 Å². The van der Waals surface area contributed by atoms with E-state index in [0.29, 0.717) is 5.78 Å². The van der Waals surface area contributed by atoms with Gasteiger partial charge in [-0.3, -0.25) is 0 Å². The van der Waals surface area contributed by atoms with E-state index >= 15 is 0 Å². The molecule has 0 saturated heterocycles. The van der Waals surface area contributed by atoms with Gasteiger partial charge in [0, 0.05) is 6.42 Å². The van der Waals surface area contributed by atoms with Gasteiger partial charge in [-0.15, -0.1) is 0 Å². The van der Waals surface area contributed by atoms with E-state index in [4.69, 9.17) is 0 Å². The number of rotatable bonds is 9. The van der Waals surface area contributed by atoms with Gasteiger partial charge in [-0.25, -0.2) is 0 Å². The summed E-state index contributed by atoms with van der Waals surface area (Å²) >= 11 is 0. The number of hydrogen-bond donors (Lipinski definition) is 0. The predicted octanol–water partition coefficient (Wildman–Crippen LogP) is 4.35. The topological polar surface area (TPSA) is 17.1 Å². The van der Waals surface area contributed by atoms with E-state index in [0.717, 1.165) is 18.8 Å². The number of ketones is 1. The van der Waals surface area contributed by atoms with Gasteiger partial charge < -0.3 is 4.79 Å². The third-order valence-corrected chi connectivity index (χ3v) is 2.80. The molecule has 1 nitrogen and oxygen atoms in total. The molecule has 1 atom stereocenters. The Bertz CT molecular complexity index is 140. The van der Waals surface area contributed by atoms with Crippen molar-refractivity contribution in [1.29, 1.82) is 0 Å². The molecule has 0 amide bonds. The summed E-state index contributed by atoms with van der Waals surface area (Å²) in [5.41, 5.74) is 0. The van der Waals surface area contributed by atoms with Gasteiger partial charge in [-0.1, -0.05) is 52.4 Å². The zero-order valence-corrected chi connectivity index (χ0v) is 10.1. The standard InChI is InChI=1S/C13H26O/c1-4-6-10-13(8-5-2)11-7-9-12(3)14/h13H,4-11H2,1-3H3. The van der Waals surface area contributed by atoms with Crippen molar-refractivity contribution in [2.24, 2.45) is 5.92 Å². The quantitative estimate of drug-likeness (QED) is 0.538. The molecule has 0 saturated carbocycles. The first-order chi connectivity index (χ1) is 6.70. The minimum absolute atomic E-state index is 0.343. The number of carbonyl (C=O) groups excluding carboxylic acids is 1. The van der Waals surface area contributed by atoms with Crippen LogP contribution in [0.25, 0.3) is 0 Å². The lowest BCUT2D eigenvalue weighted by Crippen LogP contribution is -2.01. The molecular formula is C13H26O. The molecule has 0 rings (SSSR count). The molecule has 0 heterocycles. The summed E-state index contributed by atoms with van der Waals surface area (Å²) in [6, 6.07) is 0. The highest BCUT2D eigenvalue weighted by molar-refractivity contribution is 5.75. The summed E-state index contributed by atoms with van der Waals surface area (Å²) in [6.07, 6.45) is 9.79. The number of carbonyl (C=O) groups is 1. The van der Waals surface area contributed by atoms with Crippen LogP contribution in [-0.2, 0) is 4.79 Å². The van der Waals surface area contributed by atoms with Crippen LogP contribution < -0.4 is 0 Å². The molecule has 0 aromatic rings. The van der Waals surface area contributed by atoms with Gasteiger partial charge in [0.05, 0.1) is 0 Å². The summed E-state index contributed by atoms with van der Waals surface area (Å²) in [4.78, 5) is 10.8. The lowest BCUT2D eigenvalue weighted by Gasteiger charge is -2.14. The van der Waals surface area contributed by atoms with Crippen LogP contribution in [0.15, 0.2) is 0 Å². The second-order valence-corrected chi connectivity index (χ2v) is 4.39. The third kappa shape index (κ3) is 8.28. The summed E-state index contributed by atoms with van der Waals surface area (Å²) in [7, 11) is 0. The molecular weight excluding hydrogens is 172 g/mol. The Balaban J connectivity index is 3.55. The van der Waals surface area contributed by atoms with E-state index in [1.54, 1.807) is 6.92 Å². The molecule has 0 aliphatic rings. The normalized spacial score (nSPS) is 12.8. The van der Waals surface area contributed by atoms with Gasteiger partial charge in [0.15, 0.2) is 0 Å². The fourth-order valence-electron chi connectivity index (χ4n) is 1.97. The van der Waals surface area contributed by atoms with Gasteiger partial charge in [-0.05, 0) is 19.3 Å². The summed E-state index contributed by atoms with van der Waals surface area (Å²) < 4.78 is 0. The maximum absolute atomic E-state index is 10.8. The van der Waals surface area contributed by atoms with E-state index in [1.165, 1.54) is 38.5 Å². The monoisotopic (exact) mass is 198 g/mol. The van der Waals surface area contributed by atoms with Crippen LogP contribution >= 0.6 is 0 Å². The maximum Gasteiger partial charge on any atom is 0.129 e. The Morgan fingerprint density at radius 1 is 1.00 bits per heavy atom. The molecule has 14 heavy (non-hydrogen) atoms. The van der Waals surface area contributed by atoms with E-state index in [1.807, 2.05) is 0 Å². The van der Waals surface area contributed by atoms with Gasteiger partial charge in [0.25, 0.3) is 0 Å². The van der Waals surface area contributed by atoms with Crippen molar-refractivity contribution in [2.75, 3.05) is 0 Å². The van der Waals surface area contributed by atoms with Crippen molar-refractivity contribution in [2.45, 2.75) is 72.1 Å². The first-order valence-corrected chi connectivity index (χ1v) is 6.20. The van der Waals surface area contributed by atoms with Gasteiger partial charge in [0.2, 0.25) is 0 Å². The fraction of sp³-hybridized carbons (Fsp3) is 0.923. The Hall–Kier alpha value is -0.330. The van der Waals surface area contributed by atoms with Crippen LogP contribution in [0.2, 0.25) is 0 Å². The van der Waals surface area contributed by atoms with E-state index in [-0.39, 0.29) is 0 Å². The van der Waals surface area contributed by atoms with Crippen LogP contribution in [-0.4, -0.2) is 5.78 Å². The van der Waals surface area contributed by atoms with Crippen molar-refractivity contribution in [3.8, 4) is 0 Å². The van der Waals surface area contributed by atoms with Crippen LogP contribution in [0.5, 0.6) is 0 Å². The number of hydrogen-bond acceptors (Lipinski definition) is 1. The molecule has 0 aliphatic heterocycles. The van der Waals surface area contributed by atoms with E-state index in [2.05, 4.69) is 13.8 Å².